The Hall–Kier alpha value is -1.05. The predicted molar refractivity (Wildman–Crippen MR) is 48.5 cm³/mol. The van der Waals surface area contributed by atoms with E-state index >= 15 is 0 Å². The van der Waals surface area contributed by atoms with E-state index in [1.54, 1.807) is 0 Å². The molecule has 2 atom stereocenters. The molecule has 0 aromatic heterocycles. The zero-order chi connectivity index (χ0) is 8.27. The minimum Gasteiger partial charge on any atom is -0.302 e. The molecule has 0 saturated heterocycles. The first kappa shape index (κ1) is 8.05. The lowest BCUT2D eigenvalue weighted by Crippen LogP contribution is -2.24. The second kappa shape index (κ2) is 3.37. The molecule has 0 amide bonds. The van der Waals surface area contributed by atoms with Crippen LogP contribution in [0.3, 0.4) is 0 Å². The summed E-state index contributed by atoms with van der Waals surface area (Å²) in [5.41, 5.74) is 4.15. The molecule has 11 heavy (non-hydrogen) atoms. The largest absolute Gasteiger partial charge is 0.302 e. The van der Waals surface area contributed by atoms with Crippen molar-refractivity contribution in [1.82, 2.24) is 5.43 Å². The standard InChI is InChI=1S/C9H14N2/c1-4-6-9-8(5-2)7(3)10-11-9/h4-6,8-9,11H,2H2,1,3H3/b6-4-. The maximum Gasteiger partial charge on any atom is 0.0735 e. The molecule has 0 radical (unpaired) electrons. The Labute approximate surface area is 67.7 Å². The lowest BCUT2D eigenvalue weighted by molar-refractivity contribution is 0.625. The second-order valence-corrected chi connectivity index (χ2v) is 2.70. The highest BCUT2D eigenvalue weighted by molar-refractivity contribution is 5.88. The van der Waals surface area contributed by atoms with Crippen LogP contribution in [0.25, 0.3) is 0 Å². The molecular weight excluding hydrogens is 136 g/mol. The van der Waals surface area contributed by atoms with Gasteiger partial charge in [0.1, 0.15) is 0 Å². The summed E-state index contributed by atoms with van der Waals surface area (Å²) < 4.78 is 0. The van der Waals surface area contributed by atoms with Gasteiger partial charge in [0.05, 0.1) is 6.04 Å². The molecule has 0 aromatic carbocycles. The van der Waals surface area contributed by atoms with Crippen molar-refractivity contribution in [3.05, 3.63) is 24.8 Å². The molecule has 2 unspecified atom stereocenters. The molecule has 0 aliphatic carbocycles. The first-order chi connectivity index (χ1) is 5.29. The fourth-order valence-corrected chi connectivity index (χ4v) is 1.28. The molecular formula is C9H14N2. The highest BCUT2D eigenvalue weighted by atomic mass is 15.3. The van der Waals surface area contributed by atoms with Gasteiger partial charge in [-0.2, -0.15) is 5.10 Å². The second-order valence-electron chi connectivity index (χ2n) is 2.70. The Morgan fingerprint density at radius 2 is 2.36 bits per heavy atom. The minimum absolute atomic E-state index is 0.317. The third-order valence-electron chi connectivity index (χ3n) is 1.91. The van der Waals surface area contributed by atoms with E-state index in [1.807, 2.05) is 26.0 Å². The van der Waals surface area contributed by atoms with Gasteiger partial charge in [-0.05, 0) is 13.8 Å². The number of hydrogen-bond acceptors (Lipinski definition) is 2. The van der Waals surface area contributed by atoms with Gasteiger partial charge in [-0.1, -0.05) is 18.2 Å². The Kier molecular flexibility index (Phi) is 2.47. The molecule has 0 spiro atoms. The van der Waals surface area contributed by atoms with Crippen LogP contribution in [0, 0.1) is 5.92 Å². The van der Waals surface area contributed by atoms with E-state index in [-0.39, 0.29) is 0 Å². The third-order valence-corrected chi connectivity index (χ3v) is 1.91. The van der Waals surface area contributed by atoms with Crippen molar-refractivity contribution in [3.8, 4) is 0 Å². The Balaban J connectivity index is 2.67. The van der Waals surface area contributed by atoms with Crippen LogP contribution >= 0.6 is 0 Å². The van der Waals surface area contributed by atoms with Crippen LogP contribution in [0.4, 0.5) is 0 Å². The number of hydrazone groups is 1. The molecule has 1 aliphatic rings. The van der Waals surface area contributed by atoms with Crippen LogP contribution in [0.1, 0.15) is 13.8 Å². The molecule has 0 aromatic rings. The summed E-state index contributed by atoms with van der Waals surface area (Å²) in [7, 11) is 0. The van der Waals surface area contributed by atoms with E-state index in [1.165, 1.54) is 0 Å². The normalized spacial score (nSPS) is 30.2. The highest BCUT2D eigenvalue weighted by Gasteiger charge is 2.23. The summed E-state index contributed by atoms with van der Waals surface area (Å²) >= 11 is 0. The van der Waals surface area contributed by atoms with E-state index in [0.717, 1.165) is 5.71 Å². The van der Waals surface area contributed by atoms with Gasteiger partial charge in [-0.25, -0.2) is 0 Å². The molecule has 1 rings (SSSR count). The van der Waals surface area contributed by atoms with Gasteiger partial charge < -0.3 is 5.43 Å². The fraction of sp³-hybridized carbons (Fsp3) is 0.444. The highest BCUT2D eigenvalue weighted by Crippen LogP contribution is 2.14. The van der Waals surface area contributed by atoms with Gasteiger partial charge in [-0.3, -0.25) is 0 Å². The van der Waals surface area contributed by atoms with Crippen molar-refractivity contribution in [3.63, 3.8) is 0 Å². The van der Waals surface area contributed by atoms with Gasteiger partial charge in [0.15, 0.2) is 0 Å². The van der Waals surface area contributed by atoms with Crippen LogP contribution in [-0.4, -0.2) is 11.8 Å². The lowest BCUT2D eigenvalue weighted by Gasteiger charge is -2.10. The van der Waals surface area contributed by atoms with Crippen molar-refractivity contribution >= 4 is 5.71 Å². The van der Waals surface area contributed by atoms with Crippen LogP contribution in [0.5, 0.6) is 0 Å². The van der Waals surface area contributed by atoms with Crippen molar-refractivity contribution < 1.29 is 0 Å². The smallest absolute Gasteiger partial charge is 0.0735 e. The average molecular weight is 150 g/mol. The van der Waals surface area contributed by atoms with Crippen molar-refractivity contribution in [2.24, 2.45) is 11.0 Å². The molecule has 1 aliphatic heterocycles. The Bertz CT molecular complexity index is 204. The van der Waals surface area contributed by atoms with Gasteiger partial charge in [0.25, 0.3) is 0 Å². The molecule has 2 nitrogen and oxygen atoms in total. The molecule has 1 heterocycles. The minimum atomic E-state index is 0.317. The quantitative estimate of drug-likeness (QED) is 0.595. The third kappa shape index (κ3) is 1.50. The van der Waals surface area contributed by atoms with Gasteiger partial charge >= 0.3 is 0 Å². The zero-order valence-electron chi connectivity index (χ0n) is 7.04. The molecule has 2 heteroatoms. The van der Waals surface area contributed by atoms with E-state index < -0.39 is 0 Å². The molecule has 60 valence electrons. The van der Waals surface area contributed by atoms with E-state index in [9.17, 15) is 0 Å². The molecule has 0 fully saturated rings. The van der Waals surface area contributed by atoms with Gasteiger partial charge in [0.2, 0.25) is 0 Å². The number of rotatable bonds is 2. The maximum atomic E-state index is 4.13. The summed E-state index contributed by atoms with van der Waals surface area (Å²) in [6, 6.07) is 0.317. The maximum absolute atomic E-state index is 4.13. The average Bonchev–Trinajstić information content (AvgIpc) is 2.33. The van der Waals surface area contributed by atoms with Gasteiger partial charge in [0, 0.05) is 11.6 Å². The van der Waals surface area contributed by atoms with Crippen LogP contribution in [-0.2, 0) is 0 Å². The number of hydrogen-bond donors (Lipinski definition) is 1. The monoisotopic (exact) mass is 150 g/mol. The molecule has 0 bridgehead atoms. The topological polar surface area (TPSA) is 24.4 Å². The Morgan fingerprint density at radius 1 is 1.64 bits per heavy atom. The summed E-state index contributed by atoms with van der Waals surface area (Å²) in [6.07, 6.45) is 6.07. The first-order valence-corrected chi connectivity index (χ1v) is 3.84. The SMILES string of the molecule is C=CC1C(C)=NNC1/C=C\C. The van der Waals surface area contributed by atoms with E-state index in [4.69, 9.17) is 0 Å². The summed E-state index contributed by atoms with van der Waals surface area (Å²) in [6.45, 7) is 7.80. The number of nitrogens with zero attached hydrogens (tertiary/aromatic N) is 1. The number of allylic oxidation sites excluding steroid dienone is 1. The van der Waals surface area contributed by atoms with E-state index in [2.05, 4.69) is 23.2 Å². The van der Waals surface area contributed by atoms with Crippen molar-refractivity contribution in [2.75, 3.05) is 0 Å². The summed E-state index contributed by atoms with van der Waals surface area (Å²) in [5.74, 6) is 0.367. The van der Waals surface area contributed by atoms with Crippen LogP contribution in [0.2, 0.25) is 0 Å². The predicted octanol–water partition coefficient (Wildman–Crippen LogP) is 1.71. The summed E-state index contributed by atoms with van der Waals surface area (Å²) in [5, 5.41) is 4.13. The zero-order valence-corrected chi connectivity index (χ0v) is 7.04. The van der Waals surface area contributed by atoms with Crippen LogP contribution in [0.15, 0.2) is 29.9 Å². The molecule has 0 saturated carbocycles. The lowest BCUT2D eigenvalue weighted by atomic mass is 9.97. The van der Waals surface area contributed by atoms with Crippen LogP contribution < -0.4 is 5.43 Å². The fourth-order valence-electron chi connectivity index (χ4n) is 1.28. The first-order valence-electron chi connectivity index (χ1n) is 3.84. The Morgan fingerprint density at radius 3 is 2.91 bits per heavy atom. The van der Waals surface area contributed by atoms with Crippen molar-refractivity contribution in [1.29, 1.82) is 0 Å². The van der Waals surface area contributed by atoms with Gasteiger partial charge in [-0.15, -0.1) is 6.58 Å². The van der Waals surface area contributed by atoms with E-state index in [0.29, 0.717) is 12.0 Å². The number of nitrogens with one attached hydrogen (secondary N) is 1. The van der Waals surface area contributed by atoms with Crippen molar-refractivity contribution in [2.45, 2.75) is 19.9 Å². The molecule has 1 N–H and O–H groups in total. The summed E-state index contributed by atoms with van der Waals surface area (Å²) in [4.78, 5) is 0.